The second-order valence-corrected chi connectivity index (χ2v) is 5.58. The van der Waals surface area contributed by atoms with Crippen molar-refractivity contribution in [2.75, 3.05) is 34.3 Å². The molecule has 0 amide bonds. The van der Waals surface area contributed by atoms with Crippen molar-refractivity contribution < 1.29 is 9.53 Å². The average Bonchev–Trinajstić information content (AvgIpc) is 2.68. The predicted molar refractivity (Wildman–Crippen MR) is 66.8 cm³/mol. The molecule has 2 unspecified atom stereocenters. The van der Waals surface area contributed by atoms with Gasteiger partial charge in [-0.15, -0.1) is 0 Å². The first-order valence-electron chi connectivity index (χ1n) is 6.58. The third-order valence-electron chi connectivity index (χ3n) is 4.64. The molecular formula is C13H24N2O2. The molecule has 1 aliphatic carbocycles. The Hall–Kier alpha value is -0.610. The van der Waals surface area contributed by atoms with Crippen molar-refractivity contribution in [2.45, 2.75) is 31.7 Å². The van der Waals surface area contributed by atoms with E-state index in [0.717, 1.165) is 32.4 Å². The van der Waals surface area contributed by atoms with E-state index in [0.29, 0.717) is 5.92 Å². The van der Waals surface area contributed by atoms with Gasteiger partial charge in [-0.1, -0.05) is 6.42 Å². The van der Waals surface area contributed by atoms with Crippen LogP contribution in [0.1, 0.15) is 25.7 Å². The summed E-state index contributed by atoms with van der Waals surface area (Å²) in [7, 11) is 5.64. The maximum atomic E-state index is 12.1. The Morgan fingerprint density at radius 3 is 2.59 bits per heavy atom. The molecule has 0 aromatic rings. The molecule has 2 rings (SSSR count). The number of hydrogen-bond acceptors (Lipinski definition) is 4. The van der Waals surface area contributed by atoms with Gasteiger partial charge in [-0.05, 0) is 45.8 Å². The lowest BCUT2D eigenvalue weighted by Gasteiger charge is -2.47. The van der Waals surface area contributed by atoms with Crippen molar-refractivity contribution in [2.24, 2.45) is 11.3 Å². The summed E-state index contributed by atoms with van der Waals surface area (Å²) in [6.07, 6.45) is 4.29. The molecular weight excluding hydrogens is 216 g/mol. The highest BCUT2D eigenvalue weighted by molar-refractivity contribution is 5.78. The summed E-state index contributed by atoms with van der Waals surface area (Å²) >= 11 is 0. The fourth-order valence-corrected chi connectivity index (χ4v) is 3.61. The number of hydrogen-bond donors (Lipinski definition) is 1. The second kappa shape index (κ2) is 4.94. The molecule has 4 nitrogen and oxygen atoms in total. The largest absolute Gasteiger partial charge is 0.469 e. The van der Waals surface area contributed by atoms with Crippen molar-refractivity contribution >= 4 is 5.97 Å². The van der Waals surface area contributed by atoms with E-state index in [1.54, 1.807) is 0 Å². The molecule has 98 valence electrons. The highest BCUT2D eigenvalue weighted by atomic mass is 16.5. The van der Waals surface area contributed by atoms with E-state index in [1.165, 1.54) is 13.5 Å². The summed E-state index contributed by atoms with van der Waals surface area (Å²) in [6.45, 7) is 2.23. The van der Waals surface area contributed by atoms with Crippen molar-refractivity contribution in [1.82, 2.24) is 10.2 Å². The number of likely N-dealkylation sites (tertiary alicyclic amines) is 1. The summed E-state index contributed by atoms with van der Waals surface area (Å²) in [5, 5.41) is 3.40. The lowest BCUT2D eigenvalue weighted by Crippen LogP contribution is -2.57. The molecule has 4 heteroatoms. The van der Waals surface area contributed by atoms with Gasteiger partial charge < -0.3 is 15.0 Å². The number of nitrogens with zero attached hydrogens (tertiary/aromatic N) is 1. The van der Waals surface area contributed by atoms with Crippen LogP contribution < -0.4 is 5.32 Å². The molecule has 0 aromatic carbocycles. The molecule has 0 aromatic heterocycles. The zero-order valence-corrected chi connectivity index (χ0v) is 11.2. The Balaban J connectivity index is 2.13. The minimum absolute atomic E-state index is 0.0161. The maximum Gasteiger partial charge on any atom is 0.313 e. The summed E-state index contributed by atoms with van der Waals surface area (Å²) in [5.74, 6) is 0.557. The van der Waals surface area contributed by atoms with E-state index in [1.807, 2.05) is 7.05 Å². The van der Waals surface area contributed by atoms with E-state index in [-0.39, 0.29) is 17.4 Å². The number of ether oxygens (including phenoxy) is 1. The maximum absolute atomic E-state index is 12.1. The van der Waals surface area contributed by atoms with Crippen molar-refractivity contribution in [1.29, 1.82) is 0 Å². The molecule has 2 atom stereocenters. The lowest BCUT2D eigenvalue weighted by atomic mass is 9.61. The van der Waals surface area contributed by atoms with Crippen LogP contribution in [0.25, 0.3) is 0 Å². The summed E-state index contributed by atoms with van der Waals surface area (Å²) in [6, 6.07) is 0.272. The summed E-state index contributed by atoms with van der Waals surface area (Å²) < 4.78 is 5.03. The Morgan fingerprint density at radius 2 is 2.24 bits per heavy atom. The fraction of sp³-hybridized carbons (Fsp3) is 0.923. The fourth-order valence-electron chi connectivity index (χ4n) is 3.61. The SMILES string of the molecule is CNC(C1CCN(C)C1)C1(C(=O)OC)CCC1. The van der Waals surface area contributed by atoms with Gasteiger partial charge in [0, 0.05) is 12.6 Å². The average molecular weight is 240 g/mol. The molecule has 17 heavy (non-hydrogen) atoms. The van der Waals surface area contributed by atoms with Crippen LogP contribution >= 0.6 is 0 Å². The van der Waals surface area contributed by atoms with E-state index in [4.69, 9.17) is 4.74 Å². The zero-order chi connectivity index (χ0) is 12.5. The van der Waals surface area contributed by atoms with Crippen molar-refractivity contribution in [3.8, 4) is 0 Å². The van der Waals surface area contributed by atoms with Gasteiger partial charge in [0.05, 0.1) is 12.5 Å². The zero-order valence-electron chi connectivity index (χ0n) is 11.2. The van der Waals surface area contributed by atoms with Gasteiger partial charge in [-0.2, -0.15) is 0 Å². The van der Waals surface area contributed by atoms with Crippen LogP contribution in [0.4, 0.5) is 0 Å². The standard InChI is InChI=1S/C13H24N2O2/c1-14-11(10-5-8-15(2)9-10)13(6-4-7-13)12(16)17-3/h10-11,14H,4-9H2,1-3H3. The van der Waals surface area contributed by atoms with Gasteiger partial charge in [0.1, 0.15) is 0 Å². The van der Waals surface area contributed by atoms with Gasteiger partial charge in [0.25, 0.3) is 0 Å². The van der Waals surface area contributed by atoms with Gasteiger partial charge in [-0.3, -0.25) is 4.79 Å². The van der Waals surface area contributed by atoms with E-state index in [9.17, 15) is 4.79 Å². The van der Waals surface area contributed by atoms with Crippen LogP contribution in [-0.4, -0.2) is 51.2 Å². The van der Waals surface area contributed by atoms with Gasteiger partial charge in [0.2, 0.25) is 0 Å². The smallest absolute Gasteiger partial charge is 0.313 e. The summed E-state index contributed by atoms with van der Waals surface area (Å²) in [4.78, 5) is 14.4. The minimum atomic E-state index is -0.251. The molecule has 1 saturated carbocycles. The highest BCUT2D eigenvalue weighted by Crippen LogP contribution is 2.48. The monoisotopic (exact) mass is 240 g/mol. The van der Waals surface area contributed by atoms with Gasteiger partial charge in [-0.25, -0.2) is 0 Å². The van der Waals surface area contributed by atoms with Crippen LogP contribution in [0.5, 0.6) is 0 Å². The van der Waals surface area contributed by atoms with Crippen LogP contribution in [0.3, 0.4) is 0 Å². The number of nitrogens with one attached hydrogen (secondary N) is 1. The number of carbonyl (C=O) groups is 1. The van der Waals surface area contributed by atoms with Gasteiger partial charge in [0.15, 0.2) is 0 Å². The molecule has 0 bridgehead atoms. The first-order valence-corrected chi connectivity index (χ1v) is 6.58. The lowest BCUT2D eigenvalue weighted by molar-refractivity contribution is -0.162. The first-order chi connectivity index (χ1) is 8.14. The number of methoxy groups -OCH3 is 1. The van der Waals surface area contributed by atoms with E-state index >= 15 is 0 Å². The van der Waals surface area contributed by atoms with Crippen molar-refractivity contribution in [3.05, 3.63) is 0 Å². The normalized spacial score (nSPS) is 29.7. The first kappa shape index (κ1) is 12.8. The quantitative estimate of drug-likeness (QED) is 0.740. The van der Waals surface area contributed by atoms with Crippen LogP contribution in [0, 0.1) is 11.3 Å². The molecule has 2 aliphatic rings. The Labute approximate surface area is 104 Å². The third-order valence-corrected chi connectivity index (χ3v) is 4.64. The van der Waals surface area contributed by atoms with Crippen LogP contribution in [0.15, 0.2) is 0 Å². The Morgan fingerprint density at radius 1 is 1.53 bits per heavy atom. The molecule has 0 radical (unpaired) electrons. The van der Waals surface area contributed by atoms with Crippen LogP contribution in [0.2, 0.25) is 0 Å². The van der Waals surface area contributed by atoms with Crippen LogP contribution in [-0.2, 0) is 9.53 Å². The van der Waals surface area contributed by atoms with E-state index in [2.05, 4.69) is 17.3 Å². The third kappa shape index (κ3) is 2.08. The van der Waals surface area contributed by atoms with Gasteiger partial charge >= 0.3 is 5.97 Å². The number of carbonyl (C=O) groups excluding carboxylic acids is 1. The molecule has 1 N–H and O–H groups in total. The molecule has 1 heterocycles. The summed E-state index contributed by atoms with van der Waals surface area (Å²) in [5.41, 5.74) is -0.251. The highest BCUT2D eigenvalue weighted by Gasteiger charge is 2.53. The topological polar surface area (TPSA) is 41.6 Å². The predicted octanol–water partition coefficient (Wildman–Crippen LogP) is 0.869. The van der Waals surface area contributed by atoms with Crippen molar-refractivity contribution in [3.63, 3.8) is 0 Å². The molecule has 1 saturated heterocycles. The minimum Gasteiger partial charge on any atom is -0.469 e. The molecule has 2 fully saturated rings. The number of rotatable bonds is 4. The molecule has 0 spiro atoms. The second-order valence-electron chi connectivity index (χ2n) is 5.58. The molecule has 1 aliphatic heterocycles. The van der Waals surface area contributed by atoms with E-state index < -0.39 is 0 Å². The number of esters is 1. The Kier molecular flexibility index (Phi) is 3.73. The Bertz CT molecular complexity index is 289.